The standard InChI is InChI=1S/C56H34N4/c1-2-17-42(18-3-1)59-52-21-11-10-20-46(52)47-23-22-40(31-54(47)59)43-24-25-44(51-34-58-57-33-50(43)51)41-26-39-16-8-9-19-45(39)53(32-41)60-55-29-37-14-6-4-12-35(37)27-48(55)49-28-36-13-5-7-15-38(36)30-56(49)60/h1-34H. The van der Waals surface area contributed by atoms with E-state index in [-0.39, 0.29) is 0 Å². The van der Waals surface area contributed by atoms with Gasteiger partial charge in [-0.05, 0) is 110 Å². The average molecular weight is 763 g/mol. The fourth-order valence-corrected chi connectivity index (χ4v) is 9.87. The highest BCUT2D eigenvalue weighted by Crippen LogP contribution is 2.43. The monoisotopic (exact) mass is 762 g/mol. The van der Waals surface area contributed by atoms with Crippen molar-refractivity contribution in [3.63, 3.8) is 0 Å². The molecular formula is C56H34N4. The highest BCUT2D eigenvalue weighted by Gasteiger charge is 2.20. The Hall–Kier alpha value is -8.08. The van der Waals surface area contributed by atoms with E-state index in [1.54, 1.807) is 0 Å². The van der Waals surface area contributed by atoms with E-state index >= 15 is 0 Å². The second kappa shape index (κ2) is 12.7. The van der Waals surface area contributed by atoms with Crippen LogP contribution in [0.2, 0.25) is 0 Å². The summed E-state index contributed by atoms with van der Waals surface area (Å²) in [5, 5.41) is 23.3. The Morgan fingerprint density at radius 1 is 0.283 bits per heavy atom. The third kappa shape index (κ3) is 4.85. The summed E-state index contributed by atoms with van der Waals surface area (Å²) in [6.45, 7) is 0. The van der Waals surface area contributed by atoms with Crippen molar-refractivity contribution in [2.24, 2.45) is 0 Å². The SMILES string of the molecule is c1ccc(-n2c3ccccc3c3ccc(-c4ccc(-c5cc(-n6c7cc8ccccc8cc7c7cc8ccccc8cc76)c6ccccc6c5)c5cnncc45)cc32)cc1. The smallest absolute Gasteiger partial charge is 0.0581 e. The van der Waals surface area contributed by atoms with Gasteiger partial charge in [0.1, 0.15) is 0 Å². The van der Waals surface area contributed by atoms with Gasteiger partial charge >= 0.3 is 0 Å². The summed E-state index contributed by atoms with van der Waals surface area (Å²) in [4.78, 5) is 0. The van der Waals surface area contributed by atoms with E-state index in [9.17, 15) is 0 Å². The zero-order valence-corrected chi connectivity index (χ0v) is 32.4. The molecule has 3 heterocycles. The third-order valence-corrected chi connectivity index (χ3v) is 12.6. The summed E-state index contributed by atoms with van der Waals surface area (Å²) in [5.74, 6) is 0. The van der Waals surface area contributed by atoms with E-state index in [2.05, 4.69) is 213 Å². The van der Waals surface area contributed by atoms with Gasteiger partial charge in [-0.1, -0.05) is 133 Å². The van der Waals surface area contributed by atoms with Crippen LogP contribution in [-0.2, 0) is 0 Å². The summed E-state index contributed by atoms with van der Waals surface area (Å²) in [7, 11) is 0. The maximum Gasteiger partial charge on any atom is 0.0581 e. The minimum Gasteiger partial charge on any atom is -0.309 e. The molecule has 0 spiro atoms. The van der Waals surface area contributed by atoms with E-state index in [4.69, 9.17) is 0 Å². The van der Waals surface area contributed by atoms with Crippen LogP contribution in [0.1, 0.15) is 0 Å². The first-order valence-electron chi connectivity index (χ1n) is 20.5. The van der Waals surface area contributed by atoms with Crippen LogP contribution in [0.5, 0.6) is 0 Å². The molecule has 3 aromatic heterocycles. The number of para-hydroxylation sites is 2. The number of benzene rings is 10. The molecule has 278 valence electrons. The fraction of sp³-hybridized carbons (Fsp3) is 0. The Balaban J connectivity index is 1.05. The lowest BCUT2D eigenvalue weighted by Gasteiger charge is -2.17. The van der Waals surface area contributed by atoms with Crippen molar-refractivity contribution >= 4 is 86.7 Å². The maximum absolute atomic E-state index is 4.48. The molecule has 60 heavy (non-hydrogen) atoms. The normalized spacial score (nSPS) is 12.0. The van der Waals surface area contributed by atoms with Crippen LogP contribution in [-0.4, -0.2) is 19.3 Å². The molecule has 0 aliphatic rings. The number of hydrogen-bond acceptors (Lipinski definition) is 2. The van der Waals surface area contributed by atoms with Gasteiger partial charge in [0.25, 0.3) is 0 Å². The van der Waals surface area contributed by atoms with Gasteiger partial charge in [-0.3, -0.25) is 0 Å². The largest absolute Gasteiger partial charge is 0.309 e. The van der Waals surface area contributed by atoms with Crippen LogP contribution in [0.3, 0.4) is 0 Å². The predicted molar refractivity (Wildman–Crippen MR) is 252 cm³/mol. The van der Waals surface area contributed by atoms with Gasteiger partial charge < -0.3 is 9.13 Å². The maximum atomic E-state index is 4.48. The van der Waals surface area contributed by atoms with Crippen molar-refractivity contribution in [1.29, 1.82) is 0 Å². The molecule has 0 aliphatic heterocycles. The number of fused-ring (bicyclic) bond motifs is 10. The Morgan fingerprint density at radius 2 is 0.800 bits per heavy atom. The van der Waals surface area contributed by atoms with Gasteiger partial charge in [-0.15, -0.1) is 0 Å². The predicted octanol–water partition coefficient (Wildman–Crippen LogP) is 14.6. The van der Waals surface area contributed by atoms with Crippen molar-refractivity contribution in [1.82, 2.24) is 19.3 Å². The van der Waals surface area contributed by atoms with E-state index in [0.29, 0.717) is 0 Å². The molecule has 0 bridgehead atoms. The zero-order valence-electron chi connectivity index (χ0n) is 32.4. The summed E-state index contributed by atoms with van der Waals surface area (Å²) < 4.78 is 4.87. The van der Waals surface area contributed by atoms with Gasteiger partial charge in [0, 0.05) is 43.4 Å². The molecule has 0 amide bonds. The van der Waals surface area contributed by atoms with Crippen LogP contribution < -0.4 is 0 Å². The molecule has 10 aromatic carbocycles. The van der Waals surface area contributed by atoms with E-state index < -0.39 is 0 Å². The van der Waals surface area contributed by atoms with E-state index in [1.165, 1.54) is 75.9 Å². The van der Waals surface area contributed by atoms with E-state index in [0.717, 1.165) is 44.4 Å². The van der Waals surface area contributed by atoms with Gasteiger partial charge in [0.05, 0.1) is 40.1 Å². The lowest BCUT2D eigenvalue weighted by molar-refractivity contribution is 1.05. The number of aromatic nitrogens is 4. The zero-order chi connectivity index (χ0) is 39.3. The molecule has 4 nitrogen and oxygen atoms in total. The molecule has 0 saturated heterocycles. The lowest BCUT2D eigenvalue weighted by Crippen LogP contribution is -1.97. The Bertz CT molecular complexity index is 3800. The second-order valence-corrected chi connectivity index (χ2v) is 15.9. The van der Waals surface area contributed by atoms with Gasteiger partial charge in [-0.2, -0.15) is 10.2 Å². The Morgan fingerprint density at radius 3 is 1.47 bits per heavy atom. The average Bonchev–Trinajstić information content (AvgIpc) is 3.80. The third-order valence-electron chi connectivity index (χ3n) is 12.6. The summed E-state index contributed by atoms with van der Waals surface area (Å²) >= 11 is 0. The number of rotatable bonds is 4. The molecule has 0 N–H and O–H groups in total. The first-order chi connectivity index (χ1) is 29.7. The number of nitrogens with zero attached hydrogens (tertiary/aromatic N) is 4. The topological polar surface area (TPSA) is 35.6 Å². The van der Waals surface area contributed by atoms with Crippen LogP contribution in [0, 0.1) is 0 Å². The quantitative estimate of drug-likeness (QED) is 0.179. The molecular weight excluding hydrogens is 729 g/mol. The second-order valence-electron chi connectivity index (χ2n) is 15.9. The molecule has 0 atom stereocenters. The summed E-state index contributed by atoms with van der Waals surface area (Å²) in [6, 6.07) is 71.1. The van der Waals surface area contributed by atoms with Crippen molar-refractivity contribution in [3.8, 4) is 33.6 Å². The van der Waals surface area contributed by atoms with Gasteiger partial charge in [-0.25, -0.2) is 0 Å². The minimum atomic E-state index is 1.06. The number of hydrogen-bond donors (Lipinski definition) is 0. The fourth-order valence-electron chi connectivity index (χ4n) is 9.87. The summed E-state index contributed by atoms with van der Waals surface area (Å²) in [6.07, 6.45) is 3.86. The van der Waals surface area contributed by atoms with Crippen molar-refractivity contribution < 1.29 is 0 Å². The van der Waals surface area contributed by atoms with Crippen molar-refractivity contribution in [2.45, 2.75) is 0 Å². The lowest BCUT2D eigenvalue weighted by atomic mass is 9.92. The molecule has 13 rings (SSSR count). The molecule has 0 radical (unpaired) electrons. The van der Waals surface area contributed by atoms with E-state index in [1.807, 2.05) is 12.4 Å². The van der Waals surface area contributed by atoms with Gasteiger partial charge in [0.15, 0.2) is 0 Å². The first-order valence-corrected chi connectivity index (χ1v) is 20.5. The molecule has 0 saturated carbocycles. The molecule has 4 heteroatoms. The minimum absolute atomic E-state index is 1.06. The first kappa shape index (κ1) is 32.9. The van der Waals surface area contributed by atoms with Crippen LogP contribution >= 0.6 is 0 Å². The molecule has 0 unspecified atom stereocenters. The highest BCUT2D eigenvalue weighted by atomic mass is 15.1. The van der Waals surface area contributed by atoms with Crippen LogP contribution in [0.15, 0.2) is 207 Å². The summed E-state index contributed by atoms with van der Waals surface area (Å²) in [5.41, 5.74) is 11.5. The van der Waals surface area contributed by atoms with Crippen LogP contribution in [0.4, 0.5) is 0 Å². The van der Waals surface area contributed by atoms with Crippen molar-refractivity contribution in [3.05, 3.63) is 207 Å². The Kier molecular flexibility index (Phi) is 6.98. The van der Waals surface area contributed by atoms with Gasteiger partial charge in [0.2, 0.25) is 0 Å². The highest BCUT2D eigenvalue weighted by molar-refractivity contribution is 6.18. The molecule has 13 aromatic rings. The Labute approximate surface area is 344 Å². The van der Waals surface area contributed by atoms with Crippen LogP contribution in [0.25, 0.3) is 120 Å². The molecule has 0 aliphatic carbocycles. The van der Waals surface area contributed by atoms with Crippen molar-refractivity contribution in [2.75, 3.05) is 0 Å². The molecule has 0 fully saturated rings.